The fraction of sp³-hybridized carbons (Fsp3) is 0.182. The average Bonchev–Trinajstić information content (AvgIpc) is 3.65. The van der Waals surface area contributed by atoms with Gasteiger partial charge < -0.3 is 14.5 Å². The highest BCUT2D eigenvalue weighted by atomic mass is 35.5. The van der Waals surface area contributed by atoms with Gasteiger partial charge in [0, 0.05) is 42.5 Å². The molecule has 4 atom stereocenters. The second-order valence-electron chi connectivity index (χ2n) is 9.94. The molecule has 0 saturated carbocycles. The lowest BCUT2D eigenvalue weighted by Crippen LogP contribution is -2.29. The third kappa shape index (κ3) is 12.7. The number of aromatic amines is 1. The van der Waals surface area contributed by atoms with Crippen LogP contribution in [0.15, 0.2) is 104 Å². The third-order valence-electron chi connectivity index (χ3n) is 6.52. The largest absolute Gasteiger partial charge is 0.480 e. The molecule has 5 aromatic rings. The normalized spacial score (nSPS) is 13.4. The molecular weight excluding hydrogens is 802 g/mol. The predicted octanol–water partition coefficient (Wildman–Crippen LogP) is 12.0. The molecule has 0 bridgehead atoms. The highest BCUT2D eigenvalue weighted by molar-refractivity contribution is 6.35. The fourth-order valence-electron chi connectivity index (χ4n) is 4.10. The zero-order valence-electron chi connectivity index (χ0n) is 25.0. The van der Waals surface area contributed by atoms with Crippen LogP contribution in [-0.2, 0) is 32.4 Å². The Morgan fingerprint density at radius 2 is 1.02 bits per heavy atom. The molecule has 0 radical (unpaired) electrons. The van der Waals surface area contributed by atoms with E-state index in [4.69, 9.17) is 112 Å². The maximum atomic E-state index is 12.9. The van der Waals surface area contributed by atoms with Gasteiger partial charge in [-0.15, -0.1) is 0 Å². The number of imidazole rings is 1. The van der Waals surface area contributed by atoms with E-state index in [1.807, 2.05) is 0 Å². The first kappa shape index (κ1) is 39.3. The molecule has 1 heterocycles. The highest BCUT2D eigenvalue weighted by Crippen LogP contribution is 2.33. The van der Waals surface area contributed by atoms with Gasteiger partial charge >= 0.3 is 5.09 Å². The first-order chi connectivity index (χ1) is 23.5. The third-order valence-corrected chi connectivity index (χ3v) is 8.81. The van der Waals surface area contributed by atoms with E-state index in [-0.39, 0.29) is 18.3 Å². The number of nitrogens with one attached hydrogen (secondary N) is 1. The number of ether oxygens (including phenoxy) is 2. The van der Waals surface area contributed by atoms with Gasteiger partial charge in [-0.05, 0) is 70.8 Å². The topological polar surface area (TPSA) is 85.7 Å². The van der Waals surface area contributed by atoms with Crippen molar-refractivity contribution in [2.75, 3.05) is 0 Å². The van der Waals surface area contributed by atoms with Gasteiger partial charge in [0.15, 0.2) is 0 Å². The Bertz CT molecular complexity index is 1630. The smallest absolute Gasteiger partial charge is 0.363 e. The predicted molar refractivity (Wildman–Crippen MR) is 195 cm³/mol. The quantitative estimate of drug-likeness (QED) is 0.0886. The van der Waals surface area contributed by atoms with Crippen molar-refractivity contribution >= 4 is 92.8 Å². The second kappa shape index (κ2) is 19.8. The number of rotatable bonds is 14. The number of hydrogen-bond donors (Lipinski definition) is 1. The van der Waals surface area contributed by atoms with Crippen molar-refractivity contribution < 1.29 is 24.2 Å². The minimum Gasteiger partial charge on any atom is -0.363 e. The van der Waals surface area contributed by atoms with E-state index in [1.54, 1.807) is 104 Å². The van der Waals surface area contributed by atoms with Gasteiger partial charge in [0.05, 0.1) is 19.5 Å². The molecule has 258 valence electrons. The molecule has 5 rings (SSSR count). The standard InChI is InChI=1S/C30H22Cl8NO5.C3H4N2/c31-21-7-1-17(2-8-21)27(41-15-19-5-11-23(33)13-25(19)35)29(37)43-39(40)44-30(38)28(18-3-9-22(32)10-4-18)42-16-20-6-12-24(34)14-26(20)36;1-2-5-3-4-1/h1-14,27-30H,15-16H2;1-3H,(H,4,5)/q+1;. The van der Waals surface area contributed by atoms with E-state index in [1.165, 1.54) is 0 Å². The molecule has 1 aromatic heterocycles. The Labute approximate surface area is 322 Å². The van der Waals surface area contributed by atoms with Crippen molar-refractivity contribution in [3.63, 3.8) is 0 Å². The average molecular weight is 828 g/mol. The first-order valence-electron chi connectivity index (χ1n) is 14.1. The monoisotopic (exact) mass is 824 g/mol. The van der Waals surface area contributed by atoms with E-state index in [2.05, 4.69) is 9.97 Å². The van der Waals surface area contributed by atoms with Gasteiger partial charge in [0.25, 0.3) is 11.1 Å². The molecule has 1 N–H and O–H groups in total. The SMILES string of the molecule is O=[N+](OC(Cl)C(OCc1ccc(Cl)cc1Cl)c1ccc(Cl)cc1)OC(Cl)C(OCc1ccc(Cl)cc1Cl)c1ccc(Cl)cc1.c1c[nH]cn1. The lowest BCUT2D eigenvalue weighted by atomic mass is 10.1. The molecule has 0 aliphatic rings. The molecular formula is C33H26Cl8N3O5+. The van der Waals surface area contributed by atoms with Crippen LogP contribution in [0.25, 0.3) is 0 Å². The molecule has 8 nitrogen and oxygen atoms in total. The summed E-state index contributed by atoms with van der Waals surface area (Å²) >= 11 is 49.8. The van der Waals surface area contributed by atoms with Crippen LogP contribution in [0.5, 0.6) is 0 Å². The number of nitrogens with zero attached hydrogens (tertiary/aromatic N) is 2. The molecule has 4 unspecified atom stereocenters. The van der Waals surface area contributed by atoms with Crippen LogP contribution in [0.2, 0.25) is 30.1 Å². The minimum absolute atomic E-state index is 0.0213. The summed E-state index contributed by atoms with van der Waals surface area (Å²) in [4.78, 5) is 29.9. The zero-order chi connectivity index (χ0) is 35.3. The van der Waals surface area contributed by atoms with Gasteiger partial charge in [0.2, 0.25) is 0 Å². The summed E-state index contributed by atoms with van der Waals surface area (Å²) in [5, 5.41) is 2.52. The molecule has 0 saturated heterocycles. The van der Waals surface area contributed by atoms with Crippen molar-refractivity contribution in [1.29, 1.82) is 0 Å². The van der Waals surface area contributed by atoms with Crippen molar-refractivity contribution in [3.8, 4) is 0 Å². The van der Waals surface area contributed by atoms with Crippen LogP contribution in [0, 0.1) is 4.91 Å². The summed E-state index contributed by atoms with van der Waals surface area (Å²) in [6, 6.07) is 23.3. The molecule has 0 fully saturated rings. The van der Waals surface area contributed by atoms with Crippen LogP contribution in [-0.4, -0.2) is 26.2 Å². The Morgan fingerprint density at radius 3 is 1.35 bits per heavy atom. The summed E-state index contributed by atoms with van der Waals surface area (Å²) in [5.41, 5.74) is -0.356. The Balaban J connectivity index is 0.000000989. The maximum absolute atomic E-state index is 12.9. The van der Waals surface area contributed by atoms with Gasteiger partial charge in [-0.25, -0.2) is 4.98 Å². The van der Waals surface area contributed by atoms with Crippen LogP contribution in [0.4, 0.5) is 0 Å². The van der Waals surface area contributed by atoms with Crippen molar-refractivity contribution in [1.82, 2.24) is 9.97 Å². The lowest BCUT2D eigenvalue weighted by Gasteiger charge is -2.21. The second-order valence-corrected chi connectivity index (χ2v) is 13.4. The van der Waals surface area contributed by atoms with E-state index >= 15 is 0 Å². The van der Waals surface area contributed by atoms with E-state index in [9.17, 15) is 4.91 Å². The fourth-order valence-corrected chi connectivity index (χ4v) is 5.85. The number of hydrogen-bond acceptors (Lipinski definition) is 6. The molecule has 0 aliphatic heterocycles. The van der Waals surface area contributed by atoms with Gasteiger partial charge in [-0.2, -0.15) is 9.68 Å². The van der Waals surface area contributed by atoms with E-state index in [0.717, 1.165) is 0 Å². The first-order valence-corrected chi connectivity index (χ1v) is 17.3. The Morgan fingerprint density at radius 1 is 0.612 bits per heavy atom. The van der Waals surface area contributed by atoms with Crippen molar-refractivity contribution in [2.45, 2.75) is 36.5 Å². The van der Waals surface area contributed by atoms with Crippen molar-refractivity contribution in [2.24, 2.45) is 0 Å². The molecule has 0 amide bonds. The van der Waals surface area contributed by atoms with Gasteiger partial charge in [-0.1, -0.05) is 129 Å². The van der Waals surface area contributed by atoms with Crippen LogP contribution >= 0.6 is 92.8 Å². The molecule has 16 heteroatoms. The Kier molecular flexibility index (Phi) is 15.9. The highest BCUT2D eigenvalue weighted by Gasteiger charge is 2.37. The lowest BCUT2D eigenvalue weighted by molar-refractivity contribution is -0.988. The summed E-state index contributed by atoms with van der Waals surface area (Å²) in [6.07, 6.45) is 3.15. The zero-order valence-corrected chi connectivity index (χ0v) is 31.0. The number of alkyl halides is 2. The number of halogens is 8. The van der Waals surface area contributed by atoms with Crippen LogP contribution in [0.3, 0.4) is 0 Å². The molecule has 0 spiro atoms. The molecule has 49 heavy (non-hydrogen) atoms. The summed E-state index contributed by atoms with van der Waals surface area (Å²) < 4.78 is 12.1. The van der Waals surface area contributed by atoms with E-state index in [0.29, 0.717) is 52.4 Å². The minimum atomic E-state index is -1.38. The summed E-state index contributed by atoms with van der Waals surface area (Å²) in [5.74, 6) is 0. The van der Waals surface area contributed by atoms with Crippen molar-refractivity contribution in [3.05, 3.63) is 161 Å². The van der Waals surface area contributed by atoms with Gasteiger partial charge in [0.1, 0.15) is 17.1 Å². The molecule has 0 aliphatic carbocycles. The van der Waals surface area contributed by atoms with Crippen LogP contribution in [0.1, 0.15) is 34.5 Å². The summed E-state index contributed by atoms with van der Waals surface area (Å²) in [6.45, 7) is 0.0426. The molecule has 4 aromatic carbocycles. The number of aromatic nitrogens is 2. The van der Waals surface area contributed by atoms with E-state index < -0.39 is 23.3 Å². The number of H-pyrrole nitrogens is 1. The van der Waals surface area contributed by atoms with Crippen LogP contribution < -0.4 is 0 Å². The Hall–Kier alpha value is -2.47. The summed E-state index contributed by atoms with van der Waals surface area (Å²) in [7, 11) is 0. The van der Waals surface area contributed by atoms with Gasteiger partial charge in [-0.3, -0.25) is 0 Å². The maximum Gasteiger partial charge on any atom is 0.480 e. The number of benzene rings is 4.